The minimum Gasteiger partial charge on any atom is -0.316 e. The van der Waals surface area contributed by atoms with Gasteiger partial charge in [-0.15, -0.1) is 0 Å². The summed E-state index contributed by atoms with van der Waals surface area (Å²) in [6.07, 6.45) is 4.81. The average Bonchev–Trinajstić information content (AvgIpc) is 2.49. The largest absolute Gasteiger partial charge is 0.316 e. The number of nitrogens with one attached hydrogen (secondary N) is 1. The Hall–Kier alpha value is -0.880. The van der Waals surface area contributed by atoms with Crippen molar-refractivity contribution in [2.45, 2.75) is 13.1 Å². The Morgan fingerprint density at radius 1 is 1.57 bits per heavy atom. The summed E-state index contributed by atoms with van der Waals surface area (Å²) in [7, 11) is -1.05. The lowest BCUT2D eigenvalue weighted by Crippen LogP contribution is -2.11. The Balaban J connectivity index is 2.52. The van der Waals surface area contributed by atoms with Crippen LogP contribution in [0.15, 0.2) is 12.4 Å². The van der Waals surface area contributed by atoms with Crippen LogP contribution in [0.5, 0.6) is 0 Å². The molecule has 1 aromatic rings. The Morgan fingerprint density at radius 3 is 2.86 bits per heavy atom. The Morgan fingerprint density at radius 2 is 2.29 bits per heavy atom. The van der Waals surface area contributed by atoms with Crippen LogP contribution in [-0.4, -0.2) is 37.3 Å². The fourth-order valence-electron chi connectivity index (χ4n) is 1.08. The van der Waals surface area contributed by atoms with E-state index >= 15 is 0 Å². The highest BCUT2D eigenvalue weighted by Gasteiger charge is 2.03. The van der Waals surface area contributed by atoms with Crippen LogP contribution in [0.3, 0.4) is 0 Å². The van der Waals surface area contributed by atoms with Gasteiger partial charge < -0.3 is 5.32 Å². The summed E-state index contributed by atoms with van der Waals surface area (Å²) in [5.41, 5.74) is 1.06. The Kier molecular flexibility index (Phi) is 3.65. The van der Waals surface area contributed by atoms with Gasteiger partial charge in [-0.2, -0.15) is 5.10 Å². The van der Waals surface area contributed by atoms with Crippen molar-refractivity contribution in [1.29, 1.82) is 0 Å². The summed E-state index contributed by atoms with van der Waals surface area (Å²) in [6.45, 7) is 1.17. The second kappa shape index (κ2) is 4.56. The van der Waals surface area contributed by atoms with E-state index in [0.717, 1.165) is 12.1 Å². The smallest absolute Gasteiger partial charge is 0.149 e. The van der Waals surface area contributed by atoms with Gasteiger partial charge in [0.1, 0.15) is 9.84 Å². The molecule has 0 atom stereocenters. The third-order valence-electron chi connectivity index (χ3n) is 1.76. The standard InChI is InChI=1S/C8H15N3O2S/c1-9-5-8-6-10-11(7-8)3-4-14(2,12)13/h6-7,9H,3-5H2,1-2H3. The van der Waals surface area contributed by atoms with Crippen molar-refractivity contribution in [3.8, 4) is 0 Å². The molecule has 1 rings (SSSR count). The molecule has 0 aliphatic heterocycles. The minimum atomic E-state index is -2.90. The highest BCUT2D eigenvalue weighted by molar-refractivity contribution is 7.90. The van der Waals surface area contributed by atoms with Gasteiger partial charge in [0.25, 0.3) is 0 Å². The summed E-state index contributed by atoms with van der Waals surface area (Å²) in [5, 5.41) is 7.05. The van der Waals surface area contributed by atoms with Crippen LogP contribution in [0.1, 0.15) is 5.56 Å². The normalized spacial score (nSPS) is 11.9. The first-order valence-corrected chi connectivity index (χ1v) is 6.41. The van der Waals surface area contributed by atoms with Gasteiger partial charge in [0.05, 0.1) is 18.5 Å². The summed E-state index contributed by atoms with van der Waals surface area (Å²) >= 11 is 0. The number of rotatable bonds is 5. The number of sulfone groups is 1. The number of hydrogen-bond donors (Lipinski definition) is 1. The van der Waals surface area contributed by atoms with E-state index in [1.165, 1.54) is 6.26 Å². The molecule has 0 amide bonds. The Labute approximate surface area is 84.0 Å². The van der Waals surface area contributed by atoms with Gasteiger partial charge in [-0.25, -0.2) is 8.42 Å². The SMILES string of the molecule is CNCc1cnn(CCS(C)(=O)=O)c1. The monoisotopic (exact) mass is 217 g/mol. The van der Waals surface area contributed by atoms with E-state index in [1.807, 2.05) is 13.2 Å². The van der Waals surface area contributed by atoms with Crippen LogP contribution in [0.4, 0.5) is 0 Å². The van der Waals surface area contributed by atoms with Gasteiger partial charge in [-0.3, -0.25) is 4.68 Å². The lowest BCUT2D eigenvalue weighted by atomic mass is 10.4. The molecular formula is C8H15N3O2S. The van der Waals surface area contributed by atoms with Gasteiger partial charge in [-0.1, -0.05) is 0 Å². The third-order valence-corrected chi connectivity index (χ3v) is 2.68. The fourth-order valence-corrected chi connectivity index (χ4v) is 1.60. The first kappa shape index (κ1) is 11.2. The zero-order chi connectivity index (χ0) is 10.6. The van der Waals surface area contributed by atoms with Gasteiger partial charge in [-0.05, 0) is 7.05 Å². The maximum atomic E-state index is 10.9. The van der Waals surface area contributed by atoms with Crippen LogP contribution in [0.25, 0.3) is 0 Å². The molecule has 1 aromatic heterocycles. The molecule has 0 radical (unpaired) electrons. The number of nitrogens with zero attached hydrogens (tertiary/aromatic N) is 2. The van der Waals surface area contributed by atoms with Crippen molar-refractivity contribution in [2.24, 2.45) is 0 Å². The molecule has 5 nitrogen and oxygen atoms in total. The van der Waals surface area contributed by atoms with E-state index in [9.17, 15) is 8.42 Å². The fraction of sp³-hybridized carbons (Fsp3) is 0.625. The van der Waals surface area contributed by atoms with Gasteiger partial charge >= 0.3 is 0 Å². The van der Waals surface area contributed by atoms with Crippen LogP contribution in [0.2, 0.25) is 0 Å². The van der Waals surface area contributed by atoms with Gasteiger partial charge in [0.15, 0.2) is 0 Å². The second-order valence-corrected chi connectivity index (χ2v) is 5.53. The van der Waals surface area contributed by atoms with Crippen LogP contribution in [-0.2, 0) is 22.9 Å². The average molecular weight is 217 g/mol. The van der Waals surface area contributed by atoms with Gasteiger partial charge in [0, 0.05) is 24.6 Å². The summed E-state index contributed by atoms with van der Waals surface area (Å²) in [5.74, 6) is 0.133. The van der Waals surface area contributed by atoms with E-state index in [0.29, 0.717) is 6.54 Å². The molecule has 1 heterocycles. The molecule has 0 aliphatic carbocycles. The number of hydrogen-bond acceptors (Lipinski definition) is 4. The zero-order valence-electron chi connectivity index (χ0n) is 8.40. The predicted octanol–water partition coefficient (Wildman–Crippen LogP) is -0.353. The number of aryl methyl sites for hydroxylation is 1. The van der Waals surface area contributed by atoms with Crippen molar-refractivity contribution in [3.05, 3.63) is 18.0 Å². The molecule has 0 bridgehead atoms. The van der Waals surface area contributed by atoms with Crippen molar-refractivity contribution >= 4 is 9.84 Å². The lowest BCUT2D eigenvalue weighted by molar-refractivity contribution is 0.586. The van der Waals surface area contributed by atoms with Crippen LogP contribution in [0, 0.1) is 0 Å². The molecular weight excluding hydrogens is 202 g/mol. The second-order valence-electron chi connectivity index (χ2n) is 3.27. The molecule has 0 aliphatic rings. The van der Waals surface area contributed by atoms with E-state index in [2.05, 4.69) is 10.4 Å². The van der Waals surface area contributed by atoms with E-state index < -0.39 is 9.84 Å². The molecule has 0 saturated carbocycles. The minimum absolute atomic E-state index is 0.133. The first-order valence-electron chi connectivity index (χ1n) is 4.35. The van der Waals surface area contributed by atoms with Crippen molar-refractivity contribution < 1.29 is 8.42 Å². The van der Waals surface area contributed by atoms with Crippen molar-refractivity contribution in [2.75, 3.05) is 19.1 Å². The van der Waals surface area contributed by atoms with E-state index in [4.69, 9.17) is 0 Å². The van der Waals surface area contributed by atoms with E-state index in [1.54, 1.807) is 10.9 Å². The Bertz CT molecular complexity index is 383. The van der Waals surface area contributed by atoms with E-state index in [-0.39, 0.29) is 5.75 Å². The molecule has 80 valence electrons. The molecule has 6 heteroatoms. The maximum Gasteiger partial charge on any atom is 0.149 e. The zero-order valence-corrected chi connectivity index (χ0v) is 9.21. The van der Waals surface area contributed by atoms with Crippen LogP contribution < -0.4 is 5.32 Å². The first-order chi connectivity index (χ1) is 6.51. The van der Waals surface area contributed by atoms with Crippen molar-refractivity contribution in [3.63, 3.8) is 0 Å². The summed E-state index contributed by atoms with van der Waals surface area (Å²) < 4.78 is 23.4. The molecule has 0 fully saturated rings. The molecule has 1 N–H and O–H groups in total. The summed E-state index contributed by atoms with van der Waals surface area (Å²) in [6, 6.07) is 0. The molecule has 14 heavy (non-hydrogen) atoms. The third kappa shape index (κ3) is 3.89. The summed E-state index contributed by atoms with van der Waals surface area (Å²) in [4.78, 5) is 0. The maximum absolute atomic E-state index is 10.9. The van der Waals surface area contributed by atoms with Gasteiger partial charge in [0.2, 0.25) is 0 Å². The molecule has 0 spiro atoms. The highest BCUT2D eigenvalue weighted by atomic mass is 32.2. The van der Waals surface area contributed by atoms with Crippen molar-refractivity contribution in [1.82, 2.24) is 15.1 Å². The lowest BCUT2D eigenvalue weighted by Gasteiger charge is -1.98. The molecule has 0 unspecified atom stereocenters. The molecule has 0 saturated heterocycles. The molecule has 0 aromatic carbocycles. The highest BCUT2D eigenvalue weighted by Crippen LogP contribution is 1.97. The topological polar surface area (TPSA) is 64.0 Å². The van der Waals surface area contributed by atoms with Crippen LogP contribution >= 0.6 is 0 Å². The quantitative estimate of drug-likeness (QED) is 0.732. The number of aromatic nitrogens is 2. The predicted molar refractivity (Wildman–Crippen MR) is 54.7 cm³/mol.